The predicted molar refractivity (Wildman–Crippen MR) is 128 cm³/mol. The van der Waals surface area contributed by atoms with Gasteiger partial charge in [0, 0.05) is 12.6 Å². The average Bonchev–Trinajstić information content (AvgIpc) is 3.29. The molecule has 166 valence electrons. The van der Waals surface area contributed by atoms with Gasteiger partial charge in [-0.25, -0.2) is 0 Å². The molecule has 3 aromatic carbocycles. The van der Waals surface area contributed by atoms with Gasteiger partial charge < -0.3 is 19.9 Å². The zero-order valence-electron chi connectivity index (χ0n) is 19.2. The van der Waals surface area contributed by atoms with Crippen LogP contribution in [0.2, 0.25) is 0 Å². The van der Waals surface area contributed by atoms with Crippen molar-refractivity contribution in [2.24, 2.45) is 5.73 Å². The molecule has 2 aliphatic heterocycles. The first-order valence-electron chi connectivity index (χ1n) is 11.3. The molecule has 1 saturated heterocycles. The Morgan fingerprint density at radius 3 is 2.23 bits per heavy atom. The summed E-state index contributed by atoms with van der Waals surface area (Å²) in [5.41, 5.74) is 7.97. The van der Waals surface area contributed by atoms with Crippen LogP contribution in [0.15, 0.2) is 30.3 Å². The fourth-order valence-electron chi connectivity index (χ4n) is 5.00. The van der Waals surface area contributed by atoms with Crippen molar-refractivity contribution >= 4 is 21.5 Å². The maximum absolute atomic E-state index is 5.62. The predicted octanol–water partition coefficient (Wildman–Crippen LogP) is 4.89. The van der Waals surface area contributed by atoms with Gasteiger partial charge in [0.2, 0.25) is 0 Å². The van der Waals surface area contributed by atoms with Gasteiger partial charge in [-0.3, -0.25) is 4.90 Å². The van der Waals surface area contributed by atoms with E-state index in [0.717, 1.165) is 43.2 Å². The third-order valence-electron chi connectivity index (χ3n) is 6.64. The van der Waals surface area contributed by atoms with Crippen LogP contribution in [0.4, 0.5) is 0 Å². The minimum absolute atomic E-state index is 0.681. The van der Waals surface area contributed by atoms with Crippen LogP contribution in [0.5, 0.6) is 17.2 Å². The van der Waals surface area contributed by atoms with Crippen LogP contribution in [0.1, 0.15) is 37.3 Å². The van der Waals surface area contributed by atoms with Crippen molar-refractivity contribution in [2.45, 2.75) is 45.2 Å². The molecule has 0 radical (unpaired) electrons. The Morgan fingerprint density at radius 1 is 0.903 bits per heavy atom. The van der Waals surface area contributed by atoms with Crippen LogP contribution < -0.4 is 19.9 Å². The molecule has 0 aromatic heterocycles. The lowest BCUT2D eigenvalue weighted by Gasteiger charge is -2.33. The fourth-order valence-corrected chi connectivity index (χ4v) is 5.00. The van der Waals surface area contributed by atoms with Gasteiger partial charge in [-0.1, -0.05) is 13.0 Å². The summed E-state index contributed by atoms with van der Waals surface area (Å²) < 4.78 is 16.7. The van der Waals surface area contributed by atoms with Crippen molar-refractivity contribution in [3.63, 3.8) is 0 Å². The van der Waals surface area contributed by atoms with E-state index in [9.17, 15) is 0 Å². The number of hydrogen-bond acceptors (Lipinski definition) is 5. The van der Waals surface area contributed by atoms with Gasteiger partial charge in [0.1, 0.15) is 5.75 Å². The van der Waals surface area contributed by atoms with E-state index in [1.165, 1.54) is 52.1 Å². The van der Waals surface area contributed by atoms with Crippen LogP contribution in [-0.4, -0.2) is 45.4 Å². The van der Waals surface area contributed by atoms with Crippen LogP contribution in [0.25, 0.3) is 21.5 Å². The highest BCUT2D eigenvalue weighted by atomic mass is 16.5. The number of ether oxygens (including phenoxy) is 3. The SMILES string of the molecule is CCCN.COc1ccc2c3c(c4cc(OC)c(OC)cc4c2c1)CN1CCCC1C3. The summed E-state index contributed by atoms with van der Waals surface area (Å²) in [5, 5.41) is 5.05. The highest BCUT2D eigenvalue weighted by Crippen LogP contribution is 2.44. The first-order valence-corrected chi connectivity index (χ1v) is 11.3. The second-order valence-electron chi connectivity index (χ2n) is 8.38. The molecule has 31 heavy (non-hydrogen) atoms. The van der Waals surface area contributed by atoms with Gasteiger partial charge >= 0.3 is 0 Å². The smallest absolute Gasteiger partial charge is 0.161 e. The lowest BCUT2D eigenvalue weighted by Crippen LogP contribution is -2.35. The van der Waals surface area contributed by atoms with Crippen molar-refractivity contribution in [3.8, 4) is 17.2 Å². The number of benzene rings is 3. The molecule has 0 aliphatic carbocycles. The lowest BCUT2D eigenvalue weighted by atomic mass is 9.85. The van der Waals surface area contributed by atoms with E-state index >= 15 is 0 Å². The summed E-state index contributed by atoms with van der Waals surface area (Å²) in [6.07, 6.45) is 4.84. The first-order chi connectivity index (χ1) is 15.1. The normalized spacial score (nSPS) is 17.6. The molecule has 1 unspecified atom stereocenters. The van der Waals surface area contributed by atoms with Crippen molar-refractivity contribution in [2.75, 3.05) is 34.4 Å². The van der Waals surface area contributed by atoms with E-state index in [4.69, 9.17) is 19.9 Å². The second kappa shape index (κ2) is 9.33. The van der Waals surface area contributed by atoms with Crippen LogP contribution >= 0.6 is 0 Å². The number of fused-ring (bicyclic) bond motifs is 7. The Hall–Kier alpha value is -2.50. The highest BCUT2D eigenvalue weighted by Gasteiger charge is 2.32. The number of nitrogens with two attached hydrogens (primary N) is 1. The van der Waals surface area contributed by atoms with Gasteiger partial charge in [0.05, 0.1) is 21.3 Å². The molecule has 0 bridgehead atoms. The highest BCUT2D eigenvalue weighted by molar-refractivity contribution is 6.12. The van der Waals surface area contributed by atoms with Gasteiger partial charge in [-0.2, -0.15) is 0 Å². The minimum Gasteiger partial charge on any atom is -0.497 e. The molecule has 5 heteroatoms. The summed E-state index contributed by atoms with van der Waals surface area (Å²) in [7, 11) is 5.12. The molecule has 1 atom stereocenters. The van der Waals surface area contributed by atoms with Crippen molar-refractivity contribution < 1.29 is 14.2 Å². The van der Waals surface area contributed by atoms with Crippen molar-refractivity contribution in [3.05, 3.63) is 41.5 Å². The molecule has 0 spiro atoms. The van der Waals surface area contributed by atoms with Gasteiger partial charge in [-0.15, -0.1) is 0 Å². The summed E-state index contributed by atoms with van der Waals surface area (Å²) in [6.45, 7) is 5.10. The molecule has 5 nitrogen and oxygen atoms in total. The van der Waals surface area contributed by atoms with Crippen LogP contribution in [0.3, 0.4) is 0 Å². The molecule has 2 aliphatic rings. The number of rotatable bonds is 4. The summed E-state index contributed by atoms with van der Waals surface area (Å²) >= 11 is 0. The Bertz CT molecular complexity index is 1080. The summed E-state index contributed by atoms with van der Waals surface area (Å²) in [4.78, 5) is 2.65. The molecule has 0 saturated carbocycles. The number of methoxy groups -OCH3 is 3. The lowest BCUT2D eigenvalue weighted by molar-refractivity contribution is 0.229. The largest absolute Gasteiger partial charge is 0.497 e. The molecular weight excluding hydrogens is 388 g/mol. The molecular formula is C26H34N2O3. The standard InChI is InChI=1S/C23H25NO3.C3H9N/c1-25-15-6-7-16-17-9-14-5-4-8-24(14)13-21(17)20-12-23(27-3)22(26-2)11-19(20)18(16)10-15;1-2-3-4/h6-7,10-12,14H,4-5,8-9,13H2,1-3H3;2-4H2,1H3. The zero-order valence-corrected chi connectivity index (χ0v) is 19.2. The van der Waals surface area contributed by atoms with Crippen molar-refractivity contribution in [1.29, 1.82) is 0 Å². The second-order valence-corrected chi connectivity index (χ2v) is 8.38. The molecule has 3 aromatic rings. The monoisotopic (exact) mass is 422 g/mol. The Kier molecular flexibility index (Phi) is 6.54. The van der Waals surface area contributed by atoms with E-state index in [-0.39, 0.29) is 0 Å². The van der Waals surface area contributed by atoms with Gasteiger partial charge in [0.15, 0.2) is 11.5 Å². The average molecular weight is 423 g/mol. The fraction of sp³-hybridized carbons (Fsp3) is 0.462. The van der Waals surface area contributed by atoms with Crippen molar-refractivity contribution in [1.82, 2.24) is 4.90 Å². The Morgan fingerprint density at radius 2 is 1.58 bits per heavy atom. The maximum atomic E-state index is 5.62. The molecule has 0 amide bonds. The zero-order chi connectivity index (χ0) is 22.0. The molecule has 2 heterocycles. The quantitative estimate of drug-likeness (QED) is 0.607. The topological polar surface area (TPSA) is 57.0 Å². The molecule has 2 N–H and O–H groups in total. The van der Waals surface area contributed by atoms with Crippen LogP contribution in [-0.2, 0) is 13.0 Å². The van der Waals surface area contributed by atoms with E-state index in [2.05, 4.69) is 42.2 Å². The number of nitrogens with zero attached hydrogens (tertiary/aromatic N) is 1. The van der Waals surface area contributed by atoms with E-state index in [1.807, 2.05) is 0 Å². The molecule has 5 rings (SSSR count). The third kappa shape index (κ3) is 3.92. The van der Waals surface area contributed by atoms with E-state index in [1.54, 1.807) is 21.3 Å². The Labute approximate surface area is 185 Å². The summed E-state index contributed by atoms with van der Waals surface area (Å²) in [5.74, 6) is 2.44. The minimum atomic E-state index is 0.681. The molecule has 1 fully saturated rings. The van der Waals surface area contributed by atoms with E-state index in [0.29, 0.717) is 6.04 Å². The maximum Gasteiger partial charge on any atom is 0.161 e. The number of hydrogen-bond donors (Lipinski definition) is 1. The van der Waals surface area contributed by atoms with Crippen LogP contribution in [0, 0.1) is 0 Å². The van der Waals surface area contributed by atoms with Gasteiger partial charge in [0.25, 0.3) is 0 Å². The summed E-state index contributed by atoms with van der Waals surface area (Å²) in [6, 6.07) is 11.4. The first kappa shape index (κ1) is 21.7. The van der Waals surface area contributed by atoms with Gasteiger partial charge in [-0.05, 0) is 95.7 Å². The Balaban J connectivity index is 0.000000535. The third-order valence-corrected chi connectivity index (χ3v) is 6.64. The van der Waals surface area contributed by atoms with E-state index < -0.39 is 0 Å².